The molecule has 3 heteroatoms. The molecule has 2 aromatic carbocycles. The minimum absolute atomic E-state index is 0.0928. The van der Waals surface area contributed by atoms with Gasteiger partial charge in [0.15, 0.2) is 6.29 Å². The summed E-state index contributed by atoms with van der Waals surface area (Å²) in [6.07, 6.45) is 0.869. The van der Waals surface area contributed by atoms with Crippen molar-refractivity contribution in [2.75, 3.05) is 20.7 Å². The minimum atomic E-state index is -0.0928. The summed E-state index contributed by atoms with van der Waals surface area (Å²) in [6, 6.07) is 19.6. The lowest BCUT2D eigenvalue weighted by atomic mass is 9.81. The number of nitrogens with zero attached hydrogens (tertiary/aromatic N) is 1. The first-order valence-corrected chi connectivity index (χ1v) is 8.30. The minimum Gasteiger partial charge on any atom is -0.352 e. The van der Waals surface area contributed by atoms with Crippen molar-refractivity contribution < 1.29 is 9.47 Å². The fraction of sp³-hybridized carbons (Fsp3) is 0.400. The van der Waals surface area contributed by atoms with Gasteiger partial charge >= 0.3 is 0 Å². The van der Waals surface area contributed by atoms with Crippen LogP contribution in [0.15, 0.2) is 54.6 Å². The Bertz CT molecular complexity index is 670. The molecular weight excluding hydrogens is 286 g/mol. The highest BCUT2D eigenvalue weighted by atomic mass is 16.7. The molecule has 2 aliphatic rings. The van der Waals surface area contributed by atoms with E-state index in [9.17, 15) is 0 Å². The van der Waals surface area contributed by atoms with Crippen molar-refractivity contribution in [1.82, 2.24) is 4.90 Å². The maximum atomic E-state index is 6.27. The molecule has 2 bridgehead atoms. The Hall–Kier alpha value is -1.68. The van der Waals surface area contributed by atoms with E-state index in [0.29, 0.717) is 0 Å². The Kier molecular flexibility index (Phi) is 3.93. The van der Waals surface area contributed by atoms with Crippen LogP contribution >= 0.6 is 0 Å². The predicted molar refractivity (Wildman–Crippen MR) is 90.1 cm³/mol. The summed E-state index contributed by atoms with van der Waals surface area (Å²) < 4.78 is 12.3. The molecule has 4 rings (SSSR count). The van der Waals surface area contributed by atoms with Crippen molar-refractivity contribution in [3.05, 3.63) is 71.3 Å². The van der Waals surface area contributed by atoms with E-state index in [2.05, 4.69) is 73.6 Å². The molecule has 23 heavy (non-hydrogen) atoms. The standard InChI is InChI=1S/C20H23NO2/c1-21(2)19(14-8-4-3-5-9-14)17-13-22-18-12-15-10-6-7-11-16(15)20(17)23-18/h3-11,17-20H,12-13H2,1-2H3/t17-,18-,19+,20+/m0/s1. The number of hydrogen-bond donors (Lipinski definition) is 0. The Morgan fingerprint density at radius 3 is 2.52 bits per heavy atom. The van der Waals surface area contributed by atoms with Crippen molar-refractivity contribution in [1.29, 1.82) is 0 Å². The molecule has 2 heterocycles. The number of hydrogen-bond acceptors (Lipinski definition) is 3. The highest BCUT2D eigenvalue weighted by Gasteiger charge is 2.42. The molecule has 0 spiro atoms. The van der Waals surface area contributed by atoms with Crippen molar-refractivity contribution >= 4 is 0 Å². The third-order valence-electron chi connectivity index (χ3n) is 5.01. The van der Waals surface area contributed by atoms with Crippen LogP contribution in [0.3, 0.4) is 0 Å². The third kappa shape index (κ3) is 2.69. The molecule has 2 aromatic rings. The van der Waals surface area contributed by atoms with E-state index in [4.69, 9.17) is 9.47 Å². The maximum Gasteiger partial charge on any atom is 0.162 e. The fourth-order valence-electron chi connectivity index (χ4n) is 4.03. The molecule has 2 aliphatic heterocycles. The van der Waals surface area contributed by atoms with Crippen LogP contribution in [-0.2, 0) is 15.9 Å². The summed E-state index contributed by atoms with van der Waals surface area (Å²) in [7, 11) is 4.27. The van der Waals surface area contributed by atoms with Crippen LogP contribution in [0.4, 0.5) is 0 Å². The summed E-state index contributed by atoms with van der Waals surface area (Å²) >= 11 is 0. The first-order valence-electron chi connectivity index (χ1n) is 8.30. The fourth-order valence-corrected chi connectivity index (χ4v) is 4.03. The second-order valence-corrected chi connectivity index (χ2v) is 6.71. The summed E-state index contributed by atoms with van der Waals surface area (Å²) in [4.78, 5) is 2.28. The zero-order valence-electron chi connectivity index (χ0n) is 13.7. The third-order valence-corrected chi connectivity index (χ3v) is 5.01. The van der Waals surface area contributed by atoms with Crippen molar-refractivity contribution in [2.24, 2.45) is 5.92 Å². The van der Waals surface area contributed by atoms with E-state index in [1.807, 2.05) is 0 Å². The zero-order valence-corrected chi connectivity index (χ0v) is 13.7. The van der Waals surface area contributed by atoms with E-state index < -0.39 is 0 Å². The van der Waals surface area contributed by atoms with Gasteiger partial charge in [-0.25, -0.2) is 0 Å². The zero-order chi connectivity index (χ0) is 15.8. The van der Waals surface area contributed by atoms with Gasteiger partial charge in [-0.1, -0.05) is 54.6 Å². The van der Waals surface area contributed by atoms with Crippen LogP contribution in [0.25, 0.3) is 0 Å². The Balaban J connectivity index is 1.74. The van der Waals surface area contributed by atoms with Crippen LogP contribution < -0.4 is 0 Å². The molecule has 120 valence electrons. The van der Waals surface area contributed by atoms with Gasteiger partial charge in [0.05, 0.1) is 12.7 Å². The number of ether oxygens (including phenoxy) is 2. The summed E-state index contributed by atoms with van der Waals surface area (Å²) in [5.41, 5.74) is 4.01. The number of benzene rings is 2. The van der Waals surface area contributed by atoms with Gasteiger partial charge in [0.2, 0.25) is 0 Å². The van der Waals surface area contributed by atoms with Gasteiger partial charge in [-0.05, 0) is 30.8 Å². The Morgan fingerprint density at radius 2 is 1.74 bits per heavy atom. The maximum absolute atomic E-state index is 6.27. The first kappa shape index (κ1) is 14.9. The average Bonchev–Trinajstić information content (AvgIpc) is 2.58. The van der Waals surface area contributed by atoms with Gasteiger partial charge < -0.3 is 14.4 Å². The van der Waals surface area contributed by atoms with Crippen LogP contribution in [-0.4, -0.2) is 31.9 Å². The lowest BCUT2D eigenvalue weighted by molar-refractivity contribution is -0.254. The van der Waals surface area contributed by atoms with Gasteiger partial charge in [0, 0.05) is 18.4 Å². The van der Waals surface area contributed by atoms with E-state index in [1.54, 1.807) is 0 Å². The van der Waals surface area contributed by atoms with Gasteiger partial charge in [-0.3, -0.25) is 0 Å². The van der Waals surface area contributed by atoms with Crippen LogP contribution in [0, 0.1) is 5.92 Å². The quantitative estimate of drug-likeness (QED) is 0.865. The molecule has 0 unspecified atom stereocenters. The molecule has 0 aromatic heterocycles. The first-order chi connectivity index (χ1) is 11.2. The van der Waals surface area contributed by atoms with E-state index in [-0.39, 0.29) is 24.4 Å². The van der Waals surface area contributed by atoms with Gasteiger partial charge in [0.1, 0.15) is 0 Å². The van der Waals surface area contributed by atoms with Crippen LogP contribution in [0.1, 0.15) is 28.8 Å². The second kappa shape index (κ2) is 6.08. The summed E-state index contributed by atoms with van der Waals surface area (Å²) in [6.45, 7) is 0.738. The Labute approximate surface area is 137 Å². The van der Waals surface area contributed by atoms with Crippen molar-refractivity contribution in [2.45, 2.75) is 24.9 Å². The van der Waals surface area contributed by atoms with Gasteiger partial charge in [0.25, 0.3) is 0 Å². The molecular formula is C20H23NO2. The van der Waals surface area contributed by atoms with Gasteiger partial charge in [-0.2, -0.15) is 0 Å². The van der Waals surface area contributed by atoms with Crippen LogP contribution in [0.5, 0.6) is 0 Å². The lowest BCUT2D eigenvalue weighted by Gasteiger charge is -2.46. The van der Waals surface area contributed by atoms with E-state index in [0.717, 1.165) is 13.0 Å². The second-order valence-electron chi connectivity index (χ2n) is 6.71. The summed E-state index contributed by atoms with van der Waals surface area (Å²) in [5.74, 6) is 0.282. The number of rotatable bonds is 3. The van der Waals surface area contributed by atoms with E-state index in [1.165, 1.54) is 16.7 Å². The monoisotopic (exact) mass is 309 g/mol. The molecule has 0 N–H and O–H groups in total. The molecule has 1 saturated heterocycles. The molecule has 3 nitrogen and oxygen atoms in total. The molecule has 0 radical (unpaired) electrons. The van der Waals surface area contributed by atoms with Crippen molar-refractivity contribution in [3.63, 3.8) is 0 Å². The number of fused-ring (bicyclic) bond motifs is 4. The molecule has 4 atom stereocenters. The average molecular weight is 309 g/mol. The van der Waals surface area contributed by atoms with Gasteiger partial charge in [-0.15, -0.1) is 0 Å². The predicted octanol–water partition coefficient (Wildman–Crippen LogP) is 3.58. The highest BCUT2D eigenvalue weighted by molar-refractivity contribution is 5.33. The molecule has 0 aliphatic carbocycles. The molecule has 0 amide bonds. The van der Waals surface area contributed by atoms with E-state index >= 15 is 0 Å². The topological polar surface area (TPSA) is 21.7 Å². The smallest absolute Gasteiger partial charge is 0.162 e. The Morgan fingerprint density at radius 1 is 1.00 bits per heavy atom. The van der Waals surface area contributed by atoms with Crippen molar-refractivity contribution in [3.8, 4) is 0 Å². The normalized spacial score (nSPS) is 27.5. The molecule has 0 saturated carbocycles. The lowest BCUT2D eigenvalue weighted by Crippen LogP contribution is -2.45. The summed E-state index contributed by atoms with van der Waals surface area (Å²) in [5, 5.41) is 0. The van der Waals surface area contributed by atoms with Crippen LogP contribution in [0.2, 0.25) is 0 Å². The largest absolute Gasteiger partial charge is 0.352 e. The molecule has 1 fully saturated rings. The highest BCUT2D eigenvalue weighted by Crippen LogP contribution is 2.45. The SMILES string of the molecule is CN(C)[C@H](c1ccccc1)[C@@H]1CO[C@@H]2Cc3ccccc3[C@H]1O2.